The normalized spacial score (nSPS) is 11.6. The van der Waals surface area contributed by atoms with Gasteiger partial charge in [-0.3, -0.25) is 4.79 Å². The first-order valence-electron chi connectivity index (χ1n) is 3.14. The predicted octanol–water partition coefficient (Wildman–Crippen LogP) is 1.32. The Bertz CT molecular complexity index is 317. The second-order valence-corrected chi connectivity index (χ2v) is 2.25. The fourth-order valence-corrected chi connectivity index (χ4v) is 0.679. The van der Waals surface area contributed by atoms with Crippen molar-refractivity contribution >= 4 is 5.97 Å². The molecule has 0 fully saturated rings. The summed E-state index contributed by atoms with van der Waals surface area (Å²) >= 11 is 0. The summed E-state index contributed by atoms with van der Waals surface area (Å²) in [5.41, 5.74) is -1.22. The van der Waals surface area contributed by atoms with Gasteiger partial charge < -0.3 is 9.63 Å². The van der Waals surface area contributed by atoms with Gasteiger partial charge in [-0.05, 0) is 0 Å². The standard InChI is InChI=1S/C6H4F3NO3/c7-6(8,9)4-1-3(13-10-4)2-5(11)12/h1H,2H2,(H,11,12). The fourth-order valence-electron chi connectivity index (χ4n) is 0.679. The van der Waals surface area contributed by atoms with E-state index in [2.05, 4.69) is 9.68 Å². The summed E-state index contributed by atoms with van der Waals surface area (Å²) in [6, 6.07) is 0.564. The van der Waals surface area contributed by atoms with E-state index in [1.807, 2.05) is 0 Å². The van der Waals surface area contributed by atoms with Gasteiger partial charge in [0.25, 0.3) is 0 Å². The molecule has 4 nitrogen and oxygen atoms in total. The zero-order chi connectivity index (χ0) is 10.1. The van der Waals surface area contributed by atoms with E-state index in [0.29, 0.717) is 6.07 Å². The zero-order valence-electron chi connectivity index (χ0n) is 6.13. The van der Waals surface area contributed by atoms with Gasteiger partial charge in [-0.25, -0.2) is 0 Å². The number of rotatable bonds is 2. The van der Waals surface area contributed by atoms with Crippen molar-refractivity contribution < 1.29 is 27.6 Å². The molecule has 0 unspecified atom stereocenters. The van der Waals surface area contributed by atoms with Crippen LogP contribution in [0.15, 0.2) is 10.6 Å². The van der Waals surface area contributed by atoms with Crippen LogP contribution in [0.25, 0.3) is 0 Å². The molecule has 1 aromatic heterocycles. The molecule has 0 saturated carbocycles. The SMILES string of the molecule is O=C(O)Cc1cc(C(F)(F)F)no1. The van der Waals surface area contributed by atoms with Crippen LogP contribution in [0.1, 0.15) is 11.5 Å². The Labute approximate surface area is 69.9 Å². The fraction of sp³-hybridized carbons (Fsp3) is 0.333. The van der Waals surface area contributed by atoms with Crippen molar-refractivity contribution in [3.05, 3.63) is 17.5 Å². The maximum atomic E-state index is 11.9. The summed E-state index contributed by atoms with van der Waals surface area (Å²) in [4.78, 5) is 10.1. The first kappa shape index (κ1) is 9.56. The van der Waals surface area contributed by atoms with Gasteiger partial charge in [0.1, 0.15) is 12.2 Å². The number of carboxylic acids is 1. The molecule has 13 heavy (non-hydrogen) atoms. The maximum Gasteiger partial charge on any atom is 0.436 e. The van der Waals surface area contributed by atoms with E-state index in [0.717, 1.165) is 0 Å². The molecule has 0 aromatic carbocycles. The van der Waals surface area contributed by atoms with Gasteiger partial charge in [0, 0.05) is 6.07 Å². The van der Waals surface area contributed by atoms with Crippen molar-refractivity contribution in [3.63, 3.8) is 0 Å². The number of hydrogen-bond acceptors (Lipinski definition) is 3. The number of aliphatic carboxylic acids is 1. The average molecular weight is 195 g/mol. The van der Waals surface area contributed by atoms with Crippen LogP contribution in [0, 0.1) is 0 Å². The number of carbonyl (C=O) groups is 1. The third kappa shape index (κ3) is 2.46. The van der Waals surface area contributed by atoms with Gasteiger partial charge in [0.05, 0.1) is 0 Å². The Balaban J connectivity index is 2.81. The van der Waals surface area contributed by atoms with Crippen molar-refractivity contribution in [2.24, 2.45) is 0 Å². The van der Waals surface area contributed by atoms with Crippen molar-refractivity contribution in [2.75, 3.05) is 0 Å². The maximum absolute atomic E-state index is 11.9. The first-order chi connectivity index (χ1) is 5.89. The molecular formula is C6H4F3NO3. The highest BCUT2D eigenvalue weighted by Crippen LogP contribution is 2.28. The minimum Gasteiger partial charge on any atom is -0.481 e. The monoisotopic (exact) mass is 195 g/mol. The van der Waals surface area contributed by atoms with Gasteiger partial charge in [-0.2, -0.15) is 13.2 Å². The Hall–Kier alpha value is -1.53. The van der Waals surface area contributed by atoms with Gasteiger partial charge in [0.15, 0.2) is 5.69 Å². The molecule has 0 radical (unpaired) electrons. The van der Waals surface area contributed by atoms with Crippen LogP contribution in [-0.2, 0) is 17.4 Å². The summed E-state index contributed by atoms with van der Waals surface area (Å²) in [6.45, 7) is 0. The smallest absolute Gasteiger partial charge is 0.436 e. The lowest BCUT2D eigenvalue weighted by Crippen LogP contribution is -2.04. The van der Waals surface area contributed by atoms with E-state index in [4.69, 9.17) is 5.11 Å². The molecule has 0 spiro atoms. The van der Waals surface area contributed by atoms with Crippen LogP contribution >= 0.6 is 0 Å². The van der Waals surface area contributed by atoms with Crippen molar-refractivity contribution in [1.29, 1.82) is 0 Å². The Morgan fingerprint density at radius 1 is 1.62 bits per heavy atom. The minimum absolute atomic E-state index is 0.320. The summed E-state index contributed by atoms with van der Waals surface area (Å²) in [7, 11) is 0. The number of alkyl halides is 3. The van der Waals surface area contributed by atoms with Crippen LogP contribution in [0.4, 0.5) is 13.2 Å². The average Bonchev–Trinajstić information content (AvgIpc) is 2.32. The Morgan fingerprint density at radius 2 is 2.23 bits per heavy atom. The third-order valence-electron chi connectivity index (χ3n) is 1.17. The third-order valence-corrected chi connectivity index (χ3v) is 1.17. The summed E-state index contributed by atoms with van der Waals surface area (Å²) in [6.07, 6.45) is -5.21. The highest BCUT2D eigenvalue weighted by molar-refractivity contribution is 5.69. The van der Waals surface area contributed by atoms with Gasteiger partial charge in [-0.1, -0.05) is 5.16 Å². The minimum atomic E-state index is -4.60. The molecule has 1 N–H and O–H groups in total. The van der Waals surface area contributed by atoms with E-state index in [1.54, 1.807) is 0 Å². The Kier molecular flexibility index (Phi) is 2.26. The van der Waals surface area contributed by atoms with Crippen LogP contribution in [0.5, 0.6) is 0 Å². The Morgan fingerprint density at radius 3 is 2.62 bits per heavy atom. The second-order valence-electron chi connectivity index (χ2n) is 2.25. The predicted molar refractivity (Wildman–Crippen MR) is 32.8 cm³/mol. The first-order valence-corrected chi connectivity index (χ1v) is 3.14. The summed E-state index contributed by atoms with van der Waals surface area (Å²) in [5, 5.41) is 10.9. The van der Waals surface area contributed by atoms with Gasteiger partial charge in [-0.15, -0.1) is 0 Å². The van der Waals surface area contributed by atoms with Crippen LogP contribution in [0.3, 0.4) is 0 Å². The molecule has 1 rings (SSSR count). The molecule has 72 valence electrons. The van der Waals surface area contributed by atoms with Crippen LogP contribution in [-0.4, -0.2) is 16.2 Å². The molecule has 0 bridgehead atoms. The number of carboxylic acid groups (broad SMARTS) is 1. The molecule has 1 aromatic rings. The lowest BCUT2D eigenvalue weighted by molar-refractivity contribution is -0.142. The highest BCUT2D eigenvalue weighted by Gasteiger charge is 2.35. The van der Waals surface area contributed by atoms with E-state index in [9.17, 15) is 18.0 Å². The van der Waals surface area contributed by atoms with E-state index in [-0.39, 0.29) is 5.76 Å². The van der Waals surface area contributed by atoms with Gasteiger partial charge in [0.2, 0.25) is 0 Å². The summed E-state index contributed by atoms with van der Waals surface area (Å²) < 4.78 is 39.8. The molecular weight excluding hydrogens is 191 g/mol. The van der Waals surface area contributed by atoms with E-state index in [1.165, 1.54) is 0 Å². The largest absolute Gasteiger partial charge is 0.481 e. The number of nitrogens with zero attached hydrogens (tertiary/aromatic N) is 1. The molecule has 1 heterocycles. The number of hydrogen-bond donors (Lipinski definition) is 1. The van der Waals surface area contributed by atoms with Crippen molar-refractivity contribution in [3.8, 4) is 0 Å². The van der Waals surface area contributed by atoms with Crippen LogP contribution < -0.4 is 0 Å². The highest BCUT2D eigenvalue weighted by atomic mass is 19.4. The second kappa shape index (κ2) is 3.08. The molecule has 0 atom stereocenters. The van der Waals surface area contributed by atoms with Crippen LogP contribution in [0.2, 0.25) is 0 Å². The van der Waals surface area contributed by atoms with E-state index < -0.39 is 24.3 Å². The molecule has 0 saturated heterocycles. The van der Waals surface area contributed by atoms with Crippen molar-refractivity contribution in [2.45, 2.75) is 12.6 Å². The quantitative estimate of drug-likeness (QED) is 0.772. The molecule has 0 aliphatic heterocycles. The number of halogens is 3. The van der Waals surface area contributed by atoms with Crippen molar-refractivity contribution in [1.82, 2.24) is 5.16 Å². The molecule has 0 aliphatic carbocycles. The molecule has 7 heteroatoms. The summed E-state index contributed by atoms with van der Waals surface area (Å²) in [5.74, 6) is -1.59. The zero-order valence-corrected chi connectivity index (χ0v) is 6.13. The molecule has 0 aliphatic rings. The van der Waals surface area contributed by atoms with Gasteiger partial charge >= 0.3 is 12.1 Å². The lowest BCUT2D eigenvalue weighted by atomic mass is 10.3. The van der Waals surface area contributed by atoms with E-state index >= 15 is 0 Å². The number of aromatic nitrogens is 1. The lowest BCUT2D eigenvalue weighted by Gasteiger charge is -1.97. The molecule has 0 amide bonds. The topological polar surface area (TPSA) is 63.3 Å².